The molecule has 0 fully saturated rings. The number of rotatable bonds is 8. The van der Waals surface area contributed by atoms with Crippen molar-refractivity contribution in [3.8, 4) is 0 Å². The fraction of sp³-hybridized carbons (Fsp3) is 0.304. The minimum absolute atomic E-state index is 0.0744. The molecule has 7 nitrogen and oxygen atoms in total. The molecule has 2 aromatic carbocycles. The van der Waals surface area contributed by atoms with E-state index >= 15 is 0 Å². The molecular formula is C23H24FN5O2S. The van der Waals surface area contributed by atoms with E-state index in [1.54, 1.807) is 34.7 Å². The van der Waals surface area contributed by atoms with E-state index in [1.807, 2.05) is 26.0 Å². The third kappa shape index (κ3) is 4.38. The third-order valence-corrected chi connectivity index (χ3v) is 6.35. The van der Waals surface area contributed by atoms with Gasteiger partial charge in [-0.05, 0) is 37.1 Å². The summed E-state index contributed by atoms with van der Waals surface area (Å²) in [5.41, 5.74) is 1.02. The molecule has 0 radical (unpaired) electrons. The first kappa shape index (κ1) is 22.0. The van der Waals surface area contributed by atoms with Gasteiger partial charge in [-0.3, -0.25) is 18.6 Å². The molecule has 1 amide bonds. The van der Waals surface area contributed by atoms with Crippen molar-refractivity contribution in [3.05, 3.63) is 70.3 Å². The molecule has 32 heavy (non-hydrogen) atoms. The van der Waals surface area contributed by atoms with E-state index in [9.17, 15) is 14.0 Å². The van der Waals surface area contributed by atoms with Crippen molar-refractivity contribution < 1.29 is 9.18 Å². The van der Waals surface area contributed by atoms with Crippen LogP contribution in [0.15, 0.2) is 58.5 Å². The van der Waals surface area contributed by atoms with Gasteiger partial charge in [0.2, 0.25) is 11.7 Å². The van der Waals surface area contributed by atoms with Crippen molar-refractivity contribution in [2.75, 3.05) is 0 Å². The normalized spacial score (nSPS) is 12.3. The summed E-state index contributed by atoms with van der Waals surface area (Å²) in [4.78, 5) is 25.4. The Labute approximate surface area is 188 Å². The molecule has 0 saturated heterocycles. The zero-order valence-electron chi connectivity index (χ0n) is 17.9. The molecule has 9 heteroatoms. The van der Waals surface area contributed by atoms with Gasteiger partial charge in [-0.25, -0.2) is 4.39 Å². The Kier molecular flexibility index (Phi) is 6.55. The van der Waals surface area contributed by atoms with Gasteiger partial charge in [0.15, 0.2) is 5.16 Å². The van der Waals surface area contributed by atoms with Crippen molar-refractivity contribution in [3.63, 3.8) is 0 Å². The summed E-state index contributed by atoms with van der Waals surface area (Å²) in [6, 6.07) is 13.9. The van der Waals surface area contributed by atoms with Crippen LogP contribution < -0.4 is 10.9 Å². The molecule has 0 spiro atoms. The molecule has 1 atom stereocenters. The minimum Gasteiger partial charge on any atom is -0.354 e. The summed E-state index contributed by atoms with van der Waals surface area (Å²) in [6.45, 7) is 4.13. The number of aryl methyl sites for hydroxylation is 1. The van der Waals surface area contributed by atoms with Gasteiger partial charge < -0.3 is 5.32 Å². The Bertz CT molecular complexity index is 1330. The average molecular weight is 454 g/mol. The van der Waals surface area contributed by atoms with Crippen molar-refractivity contribution in [2.45, 2.75) is 50.2 Å². The Morgan fingerprint density at radius 3 is 2.69 bits per heavy atom. The molecule has 0 saturated carbocycles. The molecule has 2 heterocycles. The highest BCUT2D eigenvalue weighted by Crippen LogP contribution is 2.25. The topological polar surface area (TPSA) is 81.3 Å². The summed E-state index contributed by atoms with van der Waals surface area (Å²) >= 11 is 1.34. The van der Waals surface area contributed by atoms with Crippen LogP contribution in [0.25, 0.3) is 16.7 Å². The number of nitrogens with zero attached hydrogens (tertiary/aromatic N) is 4. The maximum atomic E-state index is 14.1. The van der Waals surface area contributed by atoms with Crippen LogP contribution in [0.3, 0.4) is 0 Å². The van der Waals surface area contributed by atoms with E-state index in [0.29, 0.717) is 33.2 Å². The molecule has 1 N–H and O–H groups in total. The molecule has 166 valence electrons. The second-order valence-corrected chi connectivity index (χ2v) is 8.54. The highest BCUT2D eigenvalue weighted by Gasteiger charge is 2.18. The van der Waals surface area contributed by atoms with Crippen LogP contribution in [0.4, 0.5) is 4.39 Å². The van der Waals surface area contributed by atoms with Crippen LogP contribution >= 0.6 is 11.8 Å². The Morgan fingerprint density at radius 2 is 1.91 bits per heavy atom. The molecular weight excluding hydrogens is 429 g/mol. The Morgan fingerprint density at radius 1 is 1.16 bits per heavy atom. The second kappa shape index (κ2) is 9.52. The molecule has 2 aromatic heterocycles. The molecule has 4 aromatic rings. The van der Waals surface area contributed by atoms with E-state index in [1.165, 1.54) is 22.4 Å². The fourth-order valence-corrected chi connectivity index (χ4v) is 4.38. The number of thioether (sulfide) groups is 1. The summed E-state index contributed by atoms with van der Waals surface area (Å²) in [5, 5.41) is 12.5. The number of carbonyl (C=O) groups excluding carboxylic acids is 1. The maximum Gasteiger partial charge on any atom is 0.262 e. The van der Waals surface area contributed by atoms with E-state index in [2.05, 4.69) is 15.5 Å². The van der Waals surface area contributed by atoms with Crippen LogP contribution in [0, 0.1) is 5.82 Å². The number of halogens is 1. The molecule has 0 bridgehead atoms. The van der Waals surface area contributed by atoms with E-state index < -0.39 is 0 Å². The first-order valence-corrected chi connectivity index (χ1v) is 11.5. The number of aromatic nitrogens is 4. The Hall–Kier alpha value is -3.20. The van der Waals surface area contributed by atoms with Gasteiger partial charge in [-0.2, -0.15) is 0 Å². The van der Waals surface area contributed by atoms with Gasteiger partial charge in [0, 0.05) is 24.8 Å². The summed E-state index contributed by atoms with van der Waals surface area (Å²) in [5.74, 6) is 0.341. The minimum atomic E-state index is -0.275. The van der Waals surface area contributed by atoms with Gasteiger partial charge in [0.05, 0.1) is 10.9 Å². The van der Waals surface area contributed by atoms with E-state index in [-0.39, 0.29) is 36.3 Å². The number of fused-ring (bicyclic) bond motifs is 3. The number of hydrogen-bond acceptors (Lipinski definition) is 5. The number of carbonyl (C=O) groups is 1. The highest BCUT2D eigenvalue weighted by molar-refractivity contribution is 7.98. The van der Waals surface area contributed by atoms with E-state index in [0.717, 1.165) is 6.42 Å². The number of amides is 1. The fourth-order valence-electron chi connectivity index (χ4n) is 3.45. The van der Waals surface area contributed by atoms with Crippen LogP contribution in [-0.4, -0.2) is 31.1 Å². The summed E-state index contributed by atoms with van der Waals surface area (Å²) < 4.78 is 17.3. The van der Waals surface area contributed by atoms with Crippen molar-refractivity contribution in [2.24, 2.45) is 0 Å². The van der Waals surface area contributed by atoms with Gasteiger partial charge in [0.1, 0.15) is 5.82 Å². The van der Waals surface area contributed by atoms with Gasteiger partial charge in [0.25, 0.3) is 5.56 Å². The molecule has 4 rings (SSSR count). The Balaban J connectivity index is 1.71. The molecule has 0 aliphatic heterocycles. The quantitative estimate of drug-likeness (QED) is 0.411. The lowest BCUT2D eigenvalue weighted by Crippen LogP contribution is -2.33. The predicted octanol–water partition coefficient (Wildman–Crippen LogP) is 3.78. The second-order valence-electron chi connectivity index (χ2n) is 7.60. The maximum absolute atomic E-state index is 14.1. The summed E-state index contributed by atoms with van der Waals surface area (Å²) in [7, 11) is 0. The monoisotopic (exact) mass is 453 g/mol. The number of benzene rings is 2. The molecule has 0 aliphatic rings. The largest absolute Gasteiger partial charge is 0.354 e. The predicted molar refractivity (Wildman–Crippen MR) is 123 cm³/mol. The van der Waals surface area contributed by atoms with Crippen molar-refractivity contribution >= 4 is 34.3 Å². The lowest BCUT2D eigenvalue weighted by Gasteiger charge is -2.13. The van der Waals surface area contributed by atoms with Crippen LogP contribution in [0.1, 0.15) is 32.3 Å². The third-order valence-electron chi connectivity index (χ3n) is 5.38. The van der Waals surface area contributed by atoms with Gasteiger partial charge in [-0.1, -0.05) is 49.0 Å². The SMILES string of the molecule is CC[C@@H](C)NC(=O)CCn1c(=O)c2ccccc2n2c(SCc3ccccc3F)nnc12. The van der Waals surface area contributed by atoms with Crippen LogP contribution in [0.5, 0.6) is 0 Å². The summed E-state index contributed by atoms with van der Waals surface area (Å²) in [6.07, 6.45) is 0.988. The smallest absolute Gasteiger partial charge is 0.262 e. The van der Waals surface area contributed by atoms with Gasteiger partial charge >= 0.3 is 0 Å². The molecule has 0 unspecified atom stereocenters. The number of para-hydroxylation sites is 1. The van der Waals surface area contributed by atoms with Gasteiger partial charge in [-0.15, -0.1) is 10.2 Å². The highest BCUT2D eigenvalue weighted by atomic mass is 32.2. The number of nitrogens with one attached hydrogen (secondary N) is 1. The average Bonchev–Trinajstić information content (AvgIpc) is 3.22. The zero-order chi connectivity index (χ0) is 22.7. The zero-order valence-corrected chi connectivity index (χ0v) is 18.7. The first-order valence-electron chi connectivity index (χ1n) is 10.5. The van der Waals surface area contributed by atoms with Crippen LogP contribution in [-0.2, 0) is 17.1 Å². The van der Waals surface area contributed by atoms with Crippen molar-refractivity contribution in [1.82, 2.24) is 24.5 Å². The van der Waals surface area contributed by atoms with Crippen molar-refractivity contribution in [1.29, 1.82) is 0 Å². The molecule has 0 aliphatic carbocycles. The van der Waals surface area contributed by atoms with E-state index in [4.69, 9.17) is 0 Å². The van der Waals surface area contributed by atoms with Crippen LogP contribution in [0.2, 0.25) is 0 Å². The first-order chi connectivity index (χ1) is 15.5. The lowest BCUT2D eigenvalue weighted by molar-refractivity contribution is -0.121. The number of hydrogen-bond donors (Lipinski definition) is 1. The lowest BCUT2D eigenvalue weighted by atomic mass is 10.2. The standard InChI is InChI=1S/C23H24FN5O2S/c1-3-15(2)25-20(30)12-13-28-21(31)17-9-5-7-11-19(17)29-22(28)26-27-23(29)32-14-16-8-4-6-10-18(16)24/h4-11,15H,3,12-14H2,1-2H3,(H,25,30)/t15-/m1/s1.